The predicted molar refractivity (Wildman–Crippen MR) is 84.9 cm³/mol. The SMILES string of the molecule is Cc1cc(NC(=O)N[C@@H](c2ccccc2)c2nccn2C)no1. The fraction of sp³-hybridized carbons (Fsp3) is 0.188. The van der Waals surface area contributed by atoms with Gasteiger partial charge in [0.15, 0.2) is 5.82 Å². The van der Waals surface area contributed by atoms with E-state index in [2.05, 4.69) is 20.8 Å². The minimum Gasteiger partial charge on any atom is -0.360 e. The van der Waals surface area contributed by atoms with E-state index in [-0.39, 0.29) is 12.1 Å². The minimum absolute atomic E-state index is 0.367. The quantitative estimate of drug-likeness (QED) is 0.775. The number of amides is 2. The summed E-state index contributed by atoms with van der Waals surface area (Å²) in [7, 11) is 1.89. The smallest absolute Gasteiger partial charge is 0.321 e. The normalized spacial score (nSPS) is 11.9. The molecule has 7 heteroatoms. The van der Waals surface area contributed by atoms with Crippen LogP contribution in [0, 0.1) is 6.92 Å². The van der Waals surface area contributed by atoms with Crippen LogP contribution in [0.25, 0.3) is 0 Å². The average molecular weight is 311 g/mol. The highest BCUT2D eigenvalue weighted by atomic mass is 16.5. The fourth-order valence-electron chi connectivity index (χ4n) is 2.31. The summed E-state index contributed by atoms with van der Waals surface area (Å²) in [4.78, 5) is 16.6. The van der Waals surface area contributed by atoms with Crippen LogP contribution in [-0.2, 0) is 7.05 Å². The van der Waals surface area contributed by atoms with Gasteiger partial charge in [-0.3, -0.25) is 5.32 Å². The zero-order valence-corrected chi connectivity index (χ0v) is 12.9. The van der Waals surface area contributed by atoms with Crippen LogP contribution in [0.1, 0.15) is 23.2 Å². The van der Waals surface area contributed by atoms with Crippen molar-refractivity contribution in [1.29, 1.82) is 0 Å². The lowest BCUT2D eigenvalue weighted by molar-refractivity contribution is 0.249. The molecular weight excluding hydrogens is 294 g/mol. The number of aryl methyl sites for hydroxylation is 2. The molecule has 1 aromatic carbocycles. The minimum atomic E-state index is -0.379. The van der Waals surface area contributed by atoms with E-state index < -0.39 is 0 Å². The summed E-state index contributed by atoms with van der Waals surface area (Å²) in [6.45, 7) is 1.76. The molecule has 0 aliphatic heterocycles. The van der Waals surface area contributed by atoms with Gasteiger partial charge in [-0.15, -0.1) is 0 Å². The van der Waals surface area contributed by atoms with Crippen LogP contribution < -0.4 is 10.6 Å². The highest BCUT2D eigenvalue weighted by Gasteiger charge is 2.21. The molecule has 0 saturated carbocycles. The van der Waals surface area contributed by atoms with E-state index in [0.29, 0.717) is 11.6 Å². The third-order valence-electron chi connectivity index (χ3n) is 3.39. The van der Waals surface area contributed by atoms with Crippen molar-refractivity contribution in [2.45, 2.75) is 13.0 Å². The molecule has 0 spiro atoms. The summed E-state index contributed by atoms with van der Waals surface area (Å²) < 4.78 is 6.81. The lowest BCUT2D eigenvalue weighted by Crippen LogP contribution is -2.34. The van der Waals surface area contributed by atoms with Crippen molar-refractivity contribution in [3.8, 4) is 0 Å². The summed E-state index contributed by atoms with van der Waals surface area (Å²) in [6.07, 6.45) is 3.54. The zero-order valence-electron chi connectivity index (χ0n) is 12.9. The first-order valence-corrected chi connectivity index (χ1v) is 7.16. The van der Waals surface area contributed by atoms with Crippen LogP contribution in [0.15, 0.2) is 53.3 Å². The maximum absolute atomic E-state index is 12.3. The van der Waals surface area contributed by atoms with Crippen molar-refractivity contribution >= 4 is 11.8 Å². The second kappa shape index (κ2) is 6.35. The number of anilines is 1. The predicted octanol–water partition coefficient (Wildman–Crippen LogP) is 2.63. The Bertz CT molecular complexity index is 794. The molecule has 2 amide bonds. The van der Waals surface area contributed by atoms with E-state index in [0.717, 1.165) is 11.4 Å². The number of aromatic nitrogens is 3. The van der Waals surface area contributed by atoms with E-state index in [4.69, 9.17) is 4.52 Å². The Balaban J connectivity index is 1.82. The lowest BCUT2D eigenvalue weighted by atomic mass is 10.1. The highest BCUT2D eigenvalue weighted by Crippen LogP contribution is 2.20. The van der Waals surface area contributed by atoms with Crippen LogP contribution in [0.2, 0.25) is 0 Å². The molecule has 7 nitrogen and oxygen atoms in total. The molecule has 2 N–H and O–H groups in total. The molecule has 3 aromatic rings. The van der Waals surface area contributed by atoms with Gasteiger partial charge in [-0.05, 0) is 12.5 Å². The number of imidazole rings is 1. The Hall–Kier alpha value is -3.09. The van der Waals surface area contributed by atoms with Gasteiger partial charge in [-0.1, -0.05) is 35.5 Å². The first-order valence-electron chi connectivity index (χ1n) is 7.16. The molecule has 2 aromatic heterocycles. The largest absolute Gasteiger partial charge is 0.360 e. The van der Waals surface area contributed by atoms with Crippen molar-refractivity contribution < 1.29 is 9.32 Å². The molecule has 2 heterocycles. The molecule has 0 bridgehead atoms. The van der Waals surface area contributed by atoms with E-state index >= 15 is 0 Å². The van der Waals surface area contributed by atoms with Crippen molar-refractivity contribution in [3.05, 3.63) is 65.9 Å². The maximum atomic E-state index is 12.3. The van der Waals surface area contributed by atoms with E-state index in [9.17, 15) is 4.79 Å². The molecule has 0 aliphatic carbocycles. The Morgan fingerprint density at radius 3 is 2.70 bits per heavy atom. The number of hydrogen-bond donors (Lipinski definition) is 2. The molecule has 0 saturated heterocycles. The standard InChI is InChI=1S/C16H17N5O2/c1-11-10-13(20-23-11)18-16(22)19-14(12-6-4-3-5-7-12)15-17-8-9-21(15)2/h3-10,14H,1-2H3,(H2,18,19,20,22)/t14-/m0/s1. The Morgan fingerprint density at radius 2 is 2.09 bits per heavy atom. The van der Waals surface area contributed by atoms with Gasteiger partial charge in [0.2, 0.25) is 0 Å². The summed E-state index contributed by atoms with van der Waals surface area (Å²) in [5, 5.41) is 9.32. The second-order valence-corrected chi connectivity index (χ2v) is 5.16. The number of rotatable bonds is 4. The molecule has 0 radical (unpaired) electrons. The Labute approximate surface area is 133 Å². The number of urea groups is 1. The molecule has 118 valence electrons. The highest BCUT2D eigenvalue weighted by molar-refractivity contribution is 5.88. The molecule has 3 rings (SSSR count). The fourth-order valence-corrected chi connectivity index (χ4v) is 2.31. The van der Waals surface area contributed by atoms with Crippen LogP contribution in [0.4, 0.5) is 10.6 Å². The summed E-state index contributed by atoms with van der Waals surface area (Å²) in [5.74, 6) is 1.73. The first-order chi connectivity index (χ1) is 11.1. The maximum Gasteiger partial charge on any atom is 0.321 e. The molecule has 23 heavy (non-hydrogen) atoms. The number of carbonyl (C=O) groups is 1. The lowest BCUT2D eigenvalue weighted by Gasteiger charge is -2.19. The van der Waals surface area contributed by atoms with E-state index in [1.807, 2.05) is 48.1 Å². The molecule has 1 atom stereocenters. The van der Waals surface area contributed by atoms with Crippen molar-refractivity contribution in [3.63, 3.8) is 0 Å². The van der Waals surface area contributed by atoms with Gasteiger partial charge in [-0.2, -0.15) is 0 Å². The Morgan fingerprint density at radius 1 is 1.30 bits per heavy atom. The van der Waals surface area contributed by atoms with Crippen LogP contribution in [0.5, 0.6) is 0 Å². The zero-order chi connectivity index (χ0) is 16.2. The van der Waals surface area contributed by atoms with E-state index in [1.165, 1.54) is 0 Å². The number of nitrogens with one attached hydrogen (secondary N) is 2. The molecular formula is C16H17N5O2. The Kier molecular flexibility index (Phi) is 4.09. The van der Waals surface area contributed by atoms with Gasteiger partial charge < -0.3 is 14.4 Å². The van der Waals surface area contributed by atoms with Crippen molar-refractivity contribution in [2.24, 2.45) is 7.05 Å². The number of hydrogen-bond acceptors (Lipinski definition) is 4. The van der Waals surface area contributed by atoms with Gasteiger partial charge in [0.05, 0.1) is 0 Å². The van der Waals surface area contributed by atoms with Gasteiger partial charge in [0, 0.05) is 25.5 Å². The summed E-state index contributed by atoms with van der Waals surface area (Å²) in [5.41, 5.74) is 0.938. The van der Waals surface area contributed by atoms with E-state index in [1.54, 1.807) is 19.2 Å². The van der Waals surface area contributed by atoms with Gasteiger partial charge in [-0.25, -0.2) is 9.78 Å². The van der Waals surface area contributed by atoms with Crippen LogP contribution in [0.3, 0.4) is 0 Å². The third-order valence-corrected chi connectivity index (χ3v) is 3.39. The number of carbonyl (C=O) groups excluding carboxylic acids is 1. The average Bonchev–Trinajstić information content (AvgIpc) is 3.14. The topological polar surface area (TPSA) is 85.0 Å². The monoisotopic (exact) mass is 311 g/mol. The molecule has 0 unspecified atom stereocenters. The van der Waals surface area contributed by atoms with Gasteiger partial charge in [0.25, 0.3) is 0 Å². The second-order valence-electron chi connectivity index (χ2n) is 5.16. The van der Waals surface area contributed by atoms with Crippen molar-refractivity contribution in [1.82, 2.24) is 20.0 Å². The van der Waals surface area contributed by atoms with Gasteiger partial charge in [0.1, 0.15) is 17.6 Å². The summed E-state index contributed by atoms with van der Waals surface area (Å²) >= 11 is 0. The van der Waals surface area contributed by atoms with Crippen LogP contribution >= 0.6 is 0 Å². The van der Waals surface area contributed by atoms with Crippen molar-refractivity contribution in [2.75, 3.05) is 5.32 Å². The van der Waals surface area contributed by atoms with Gasteiger partial charge >= 0.3 is 6.03 Å². The molecule has 0 fully saturated rings. The number of nitrogens with zero attached hydrogens (tertiary/aromatic N) is 3. The summed E-state index contributed by atoms with van der Waals surface area (Å²) in [6, 6.07) is 10.6. The third kappa shape index (κ3) is 3.39. The van der Waals surface area contributed by atoms with Crippen LogP contribution in [-0.4, -0.2) is 20.7 Å². The molecule has 0 aliphatic rings. The number of benzene rings is 1. The first kappa shape index (κ1) is 14.8.